The van der Waals surface area contributed by atoms with Crippen molar-refractivity contribution in [1.82, 2.24) is 25.0 Å². The Morgan fingerprint density at radius 1 is 1.10 bits per heavy atom. The summed E-state index contributed by atoms with van der Waals surface area (Å²) in [5.41, 5.74) is 5.36. The van der Waals surface area contributed by atoms with Crippen molar-refractivity contribution in [2.45, 2.75) is 26.2 Å². The van der Waals surface area contributed by atoms with Crippen LogP contribution in [0.4, 0.5) is 5.82 Å². The summed E-state index contributed by atoms with van der Waals surface area (Å²) in [7, 11) is 0. The number of hydrogen-bond donors (Lipinski definition) is 1. The fourth-order valence-corrected chi connectivity index (χ4v) is 4.23. The van der Waals surface area contributed by atoms with Gasteiger partial charge in [0, 0.05) is 28.5 Å². The number of fused-ring (bicyclic) bond motifs is 1. The lowest BCUT2D eigenvalue weighted by molar-refractivity contribution is -0.116. The van der Waals surface area contributed by atoms with Gasteiger partial charge in [-0.3, -0.25) is 4.79 Å². The molecule has 3 heterocycles. The third kappa shape index (κ3) is 3.47. The number of amides is 1. The predicted octanol–water partition coefficient (Wildman–Crippen LogP) is 4.47. The molecule has 1 aliphatic rings. The summed E-state index contributed by atoms with van der Waals surface area (Å²) in [6.07, 6.45) is 1.91. The van der Waals surface area contributed by atoms with Crippen LogP contribution in [0.15, 0.2) is 54.7 Å². The molecule has 2 aromatic carbocycles. The largest absolute Gasteiger partial charge is 0.310 e. The van der Waals surface area contributed by atoms with E-state index in [1.165, 1.54) is 0 Å². The van der Waals surface area contributed by atoms with E-state index in [9.17, 15) is 4.79 Å². The topological polar surface area (TPSA) is 85.6 Å². The maximum atomic E-state index is 12.6. The summed E-state index contributed by atoms with van der Waals surface area (Å²) in [5, 5.41) is 16.5. The molecule has 31 heavy (non-hydrogen) atoms. The molecule has 1 atom stereocenters. The highest BCUT2D eigenvalue weighted by Crippen LogP contribution is 2.42. The highest BCUT2D eigenvalue weighted by Gasteiger charge is 2.34. The summed E-state index contributed by atoms with van der Waals surface area (Å²) in [6.45, 7) is 3.94. The van der Waals surface area contributed by atoms with Gasteiger partial charge in [-0.05, 0) is 25.5 Å². The van der Waals surface area contributed by atoms with Crippen LogP contribution in [-0.4, -0.2) is 30.9 Å². The quantitative estimate of drug-likeness (QED) is 0.518. The Bertz CT molecular complexity index is 1300. The van der Waals surface area contributed by atoms with Crippen molar-refractivity contribution < 1.29 is 4.79 Å². The molecule has 0 bridgehead atoms. The SMILES string of the molecule is Cc1ccc(-c2cnnc(-n3nc(C)c4c3NC(=O)CC4c3ccccc3Cl)n2)cc1. The second-order valence-corrected chi connectivity index (χ2v) is 8.00. The molecule has 4 aromatic rings. The maximum absolute atomic E-state index is 12.6. The fourth-order valence-electron chi connectivity index (χ4n) is 3.96. The van der Waals surface area contributed by atoms with Crippen molar-refractivity contribution in [2.75, 3.05) is 5.32 Å². The zero-order valence-electron chi connectivity index (χ0n) is 17.0. The number of aryl methyl sites for hydroxylation is 2. The van der Waals surface area contributed by atoms with Crippen molar-refractivity contribution in [3.05, 3.63) is 82.1 Å². The van der Waals surface area contributed by atoms with E-state index < -0.39 is 0 Å². The third-order valence-electron chi connectivity index (χ3n) is 5.47. The van der Waals surface area contributed by atoms with E-state index in [4.69, 9.17) is 11.6 Å². The smallest absolute Gasteiger partial charge is 0.272 e. The number of halogens is 1. The van der Waals surface area contributed by atoms with Gasteiger partial charge in [0.2, 0.25) is 5.91 Å². The zero-order chi connectivity index (χ0) is 21.5. The van der Waals surface area contributed by atoms with Crippen LogP contribution in [0.25, 0.3) is 17.2 Å². The van der Waals surface area contributed by atoms with E-state index in [2.05, 4.69) is 25.6 Å². The van der Waals surface area contributed by atoms with Crippen LogP contribution in [0, 0.1) is 13.8 Å². The maximum Gasteiger partial charge on any atom is 0.272 e. The molecule has 2 aromatic heterocycles. The molecule has 0 radical (unpaired) electrons. The molecular formula is C23H19ClN6O. The Morgan fingerprint density at radius 2 is 1.87 bits per heavy atom. The summed E-state index contributed by atoms with van der Waals surface area (Å²) in [4.78, 5) is 17.2. The number of hydrogen-bond acceptors (Lipinski definition) is 5. The second-order valence-electron chi connectivity index (χ2n) is 7.59. The average molecular weight is 431 g/mol. The molecule has 0 saturated carbocycles. The van der Waals surface area contributed by atoms with Crippen molar-refractivity contribution >= 4 is 23.3 Å². The minimum absolute atomic E-state index is 0.110. The summed E-state index contributed by atoms with van der Waals surface area (Å²) in [6, 6.07) is 15.6. The number of rotatable bonds is 3. The lowest BCUT2D eigenvalue weighted by Gasteiger charge is -2.24. The lowest BCUT2D eigenvalue weighted by atomic mass is 9.86. The van der Waals surface area contributed by atoms with E-state index in [0.29, 0.717) is 28.9 Å². The lowest BCUT2D eigenvalue weighted by Crippen LogP contribution is -2.25. The molecule has 0 saturated heterocycles. The van der Waals surface area contributed by atoms with Gasteiger partial charge in [-0.1, -0.05) is 59.6 Å². The second kappa shape index (κ2) is 7.59. The predicted molar refractivity (Wildman–Crippen MR) is 118 cm³/mol. The molecule has 0 spiro atoms. The molecule has 5 rings (SSSR count). The number of carbonyl (C=O) groups is 1. The molecule has 1 amide bonds. The summed E-state index contributed by atoms with van der Waals surface area (Å²) >= 11 is 6.45. The molecule has 1 N–H and O–H groups in total. The van der Waals surface area contributed by atoms with Gasteiger partial charge < -0.3 is 5.32 Å². The first-order valence-corrected chi connectivity index (χ1v) is 10.3. The Labute approximate surface area is 184 Å². The van der Waals surface area contributed by atoms with E-state index in [0.717, 1.165) is 27.9 Å². The third-order valence-corrected chi connectivity index (χ3v) is 5.81. The van der Waals surface area contributed by atoms with Gasteiger partial charge >= 0.3 is 0 Å². The van der Waals surface area contributed by atoms with Crippen LogP contribution >= 0.6 is 11.6 Å². The van der Waals surface area contributed by atoms with Gasteiger partial charge in [-0.2, -0.15) is 14.9 Å². The van der Waals surface area contributed by atoms with Crippen molar-refractivity contribution in [1.29, 1.82) is 0 Å². The average Bonchev–Trinajstić information content (AvgIpc) is 3.10. The van der Waals surface area contributed by atoms with E-state index in [1.807, 2.05) is 62.4 Å². The molecule has 0 fully saturated rings. The van der Waals surface area contributed by atoms with Crippen LogP contribution in [0.5, 0.6) is 0 Å². The first-order valence-electron chi connectivity index (χ1n) is 9.92. The van der Waals surface area contributed by atoms with Crippen molar-refractivity contribution in [3.63, 3.8) is 0 Å². The molecule has 8 heteroatoms. The molecule has 1 unspecified atom stereocenters. The number of anilines is 1. The van der Waals surface area contributed by atoms with Crippen molar-refractivity contribution in [2.24, 2.45) is 0 Å². The number of nitrogens with zero attached hydrogens (tertiary/aromatic N) is 5. The van der Waals surface area contributed by atoms with Crippen LogP contribution in [0.3, 0.4) is 0 Å². The van der Waals surface area contributed by atoms with E-state index in [1.54, 1.807) is 10.9 Å². The molecule has 7 nitrogen and oxygen atoms in total. The Balaban J connectivity index is 1.63. The summed E-state index contributed by atoms with van der Waals surface area (Å²) in [5.74, 6) is 0.546. The highest BCUT2D eigenvalue weighted by molar-refractivity contribution is 6.31. The minimum Gasteiger partial charge on any atom is -0.310 e. The Hall–Kier alpha value is -3.58. The van der Waals surface area contributed by atoms with Gasteiger partial charge in [0.25, 0.3) is 5.95 Å². The zero-order valence-corrected chi connectivity index (χ0v) is 17.8. The molecule has 1 aliphatic heterocycles. The first-order chi connectivity index (χ1) is 15.0. The van der Waals surface area contributed by atoms with E-state index >= 15 is 0 Å². The van der Waals surface area contributed by atoms with Crippen LogP contribution < -0.4 is 5.32 Å². The Morgan fingerprint density at radius 3 is 2.65 bits per heavy atom. The Kier molecular flexibility index (Phi) is 4.75. The minimum atomic E-state index is -0.195. The van der Waals surface area contributed by atoms with Crippen LogP contribution in [0.2, 0.25) is 5.02 Å². The number of benzene rings is 2. The summed E-state index contributed by atoms with van der Waals surface area (Å²) < 4.78 is 1.55. The number of nitrogens with one attached hydrogen (secondary N) is 1. The van der Waals surface area contributed by atoms with Crippen LogP contribution in [-0.2, 0) is 4.79 Å². The normalized spacial score (nSPS) is 15.5. The van der Waals surface area contributed by atoms with Gasteiger partial charge in [-0.15, -0.1) is 5.10 Å². The van der Waals surface area contributed by atoms with Crippen LogP contribution in [0.1, 0.15) is 34.7 Å². The van der Waals surface area contributed by atoms with Gasteiger partial charge in [0.1, 0.15) is 5.82 Å². The fraction of sp³-hybridized carbons (Fsp3) is 0.174. The number of carbonyl (C=O) groups excluding carboxylic acids is 1. The standard InChI is InChI=1S/C23H19ClN6O/c1-13-7-9-15(10-8-13)19-12-25-28-23(26-19)30-22-21(14(2)29-30)17(11-20(31)27-22)16-5-3-4-6-18(16)24/h3-10,12,17H,11H2,1-2H3,(H,27,31). The molecular weight excluding hydrogens is 412 g/mol. The first kappa shape index (κ1) is 19.4. The number of aromatic nitrogens is 5. The van der Waals surface area contributed by atoms with Gasteiger partial charge in [-0.25, -0.2) is 4.98 Å². The highest BCUT2D eigenvalue weighted by atomic mass is 35.5. The van der Waals surface area contributed by atoms with Gasteiger partial charge in [0.15, 0.2) is 0 Å². The monoisotopic (exact) mass is 430 g/mol. The van der Waals surface area contributed by atoms with Gasteiger partial charge in [0.05, 0.1) is 17.6 Å². The molecule has 0 aliphatic carbocycles. The van der Waals surface area contributed by atoms with Crippen molar-refractivity contribution in [3.8, 4) is 17.2 Å². The molecule has 154 valence electrons. The van der Waals surface area contributed by atoms with E-state index in [-0.39, 0.29) is 11.8 Å².